The lowest BCUT2D eigenvalue weighted by molar-refractivity contribution is -0.125. The number of nitrogens with two attached hydrogens (primary N) is 1. The van der Waals surface area contributed by atoms with Crippen molar-refractivity contribution in [1.29, 1.82) is 0 Å². The molecule has 2 rings (SSSR count). The van der Waals surface area contributed by atoms with Gasteiger partial charge in [-0.15, -0.1) is 12.4 Å². The smallest absolute Gasteiger partial charge is 0.287 e. The van der Waals surface area contributed by atoms with E-state index in [0.717, 1.165) is 5.56 Å². The monoisotopic (exact) mass is 351 g/mol. The standard InChI is InChI=1S/C17H21N3O3.ClH/c1-12(15(18)13-6-3-2-4-7-13)16(21)19-9-10-20-17(22)14-8-5-11-23-14;/h2-8,11-12,15H,9-10,18H2,1H3,(H,19,21)(H,20,22);1H. The summed E-state index contributed by atoms with van der Waals surface area (Å²) in [5, 5.41) is 5.43. The fourth-order valence-corrected chi connectivity index (χ4v) is 2.14. The molecule has 0 aliphatic rings. The minimum Gasteiger partial charge on any atom is -0.459 e. The van der Waals surface area contributed by atoms with Gasteiger partial charge in [0.25, 0.3) is 5.91 Å². The molecule has 2 amide bonds. The van der Waals surface area contributed by atoms with Crippen LogP contribution < -0.4 is 16.4 Å². The summed E-state index contributed by atoms with van der Waals surface area (Å²) in [6.07, 6.45) is 1.43. The van der Waals surface area contributed by atoms with Crippen molar-refractivity contribution in [3.8, 4) is 0 Å². The van der Waals surface area contributed by atoms with Crippen molar-refractivity contribution in [2.24, 2.45) is 11.7 Å². The molecular weight excluding hydrogens is 330 g/mol. The van der Waals surface area contributed by atoms with E-state index >= 15 is 0 Å². The maximum atomic E-state index is 12.1. The van der Waals surface area contributed by atoms with Gasteiger partial charge in [-0.25, -0.2) is 0 Å². The molecule has 0 bridgehead atoms. The molecule has 1 heterocycles. The van der Waals surface area contributed by atoms with E-state index in [2.05, 4.69) is 10.6 Å². The van der Waals surface area contributed by atoms with E-state index in [1.807, 2.05) is 30.3 Å². The fraction of sp³-hybridized carbons (Fsp3) is 0.294. The molecule has 0 saturated heterocycles. The summed E-state index contributed by atoms with van der Waals surface area (Å²) in [7, 11) is 0. The van der Waals surface area contributed by atoms with Crippen LogP contribution in [-0.4, -0.2) is 24.9 Å². The second-order valence-corrected chi connectivity index (χ2v) is 5.25. The van der Waals surface area contributed by atoms with E-state index < -0.39 is 0 Å². The van der Waals surface area contributed by atoms with Crippen LogP contribution in [0, 0.1) is 5.92 Å². The molecule has 0 saturated carbocycles. The Morgan fingerprint density at radius 3 is 2.38 bits per heavy atom. The number of hydrogen-bond acceptors (Lipinski definition) is 4. The maximum absolute atomic E-state index is 12.1. The highest BCUT2D eigenvalue weighted by Gasteiger charge is 2.21. The van der Waals surface area contributed by atoms with Crippen LogP contribution in [0.2, 0.25) is 0 Å². The van der Waals surface area contributed by atoms with Crippen LogP contribution in [0.25, 0.3) is 0 Å². The van der Waals surface area contributed by atoms with Crippen LogP contribution in [0.4, 0.5) is 0 Å². The highest BCUT2D eigenvalue weighted by atomic mass is 35.5. The van der Waals surface area contributed by atoms with E-state index in [4.69, 9.17) is 10.2 Å². The van der Waals surface area contributed by atoms with Crippen molar-refractivity contribution in [2.45, 2.75) is 13.0 Å². The molecule has 1 aromatic heterocycles. The van der Waals surface area contributed by atoms with Crippen LogP contribution in [0.3, 0.4) is 0 Å². The number of furan rings is 1. The van der Waals surface area contributed by atoms with Gasteiger partial charge in [-0.05, 0) is 17.7 Å². The normalized spacial score (nSPS) is 12.6. The van der Waals surface area contributed by atoms with E-state index in [9.17, 15) is 9.59 Å². The second-order valence-electron chi connectivity index (χ2n) is 5.25. The molecule has 7 heteroatoms. The maximum Gasteiger partial charge on any atom is 0.287 e. The zero-order chi connectivity index (χ0) is 16.7. The minimum absolute atomic E-state index is 0. The molecule has 130 valence electrons. The Balaban J connectivity index is 0.00000288. The topological polar surface area (TPSA) is 97.4 Å². The van der Waals surface area contributed by atoms with Crippen molar-refractivity contribution in [3.63, 3.8) is 0 Å². The number of benzene rings is 1. The summed E-state index contributed by atoms with van der Waals surface area (Å²) >= 11 is 0. The minimum atomic E-state index is -0.367. The van der Waals surface area contributed by atoms with Gasteiger partial charge in [0.1, 0.15) is 0 Å². The Morgan fingerprint density at radius 2 is 1.75 bits per heavy atom. The summed E-state index contributed by atoms with van der Waals surface area (Å²) in [5.41, 5.74) is 7.03. The molecule has 4 N–H and O–H groups in total. The van der Waals surface area contributed by atoms with Crippen LogP contribution in [-0.2, 0) is 4.79 Å². The Labute approximate surface area is 147 Å². The van der Waals surface area contributed by atoms with Gasteiger partial charge in [0, 0.05) is 19.1 Å². The zero-order valence-electron chi connectivity index (χ0n) is 13.4. The largest absolute Gasteiger partial charge is 0.459 e. The summed E-state index contributed by atoms with van der Waals surface area (Å²) < 4.78 is 4.98. The third-order valence-electron chi connectivity index (χ3n) is 3.59. The zero-order valence-corrected chi connectivity index (χ0v) is 14.2. The third kappa shape index (κ3) is 5.40. The molecule has 0 aliphatic heterocycles. The molecule has 0 radical (unpaired) electrons. The van der Waals surface area contributed by atoms with Crippen molar-refractivity contribution < 1.29 is 14.0 Å². The van der Waals surface area contributed by atoms with Crippen molar-refractivity contribution in [1.82, 2.24) is 10.6 Å². The molecule has 2 atom stereocenters. The Morgan fingerprint density at radius 1 is 1.08 bits per heavy atom. The number of carbonyl (C=O) groups excluding carboxylic acids is 2. The predicted molar refractivity (Wildman–Crippen MR) is 93.8 cm³/mol. The number of halogens is 1. The average molecular weight is 352 g/mol. The lowest BCUT2D eigenvalue weighted by Gasteiger charge is -2.19. The Hall–Kier alpha value is -2.31. The molecule has 0 fully saturated rings. The molecule has 2 aromatic rings. The number of hydrogen-bond donors (Lipinski definition) is 3. The van der Waals surface area contributed by atoms with Gasteiger partial charge in [0.15, 0.2) is 5.76 Å². The molecule has 0 aliphatic carbocycles. The summed E-state index contributed by atoms with van der Waals surface area (Å²) in [6.45, 7) is 2.43. The van der Waals surface area contributed by atoms with Gasteiger partial charge in [-0.1, -0.05) is 37.3 Å². The molecule has 2 unspecified atom stereocenters. The van der Waals surface area contributed by atoms with Crippen LogP contribution in [0.1, 0.15) is 29.1 Å². The third-order valence-corrected chi connectivity index (χ3v) is 3.59. The van der Waals surface area contributed by atoms with Gasteiger partial charge < -0.3 is 20.8 Å². The van der Waals surface area contributed by atoms with Crippen molar-refractivity contribution in [3.05, 3.63) is 60.1 Å². The second kappa shape index (κ2) is 9.75. The van der Waals surface area contributed by atoms with Crippen LogP contribution in [0.15, 0.2) is 53.1 Å². The van der Waals surface area contributed by atoms with E-state index in [1.165, 1.54) is 6.26 Å². The SMILES string of the molecule is CC(C(=O)NCCNC(=O)c1ccco1)C(N)c1ccccc1.Cl. The van der Waals surface area contributed by atoms with Crippen molar-refractivity contribution >= 4 is 24.2 Å². The average Bonchev–Trinajstić information content (AvgIpc) is 3.12. The Bertz CT molecular complexity index is 632. The number of amides is 2. The summed E-state index contributed by atoms with van der Waals surface area (Å²) in [5.74, 6) is -0.569. The van der Waals surface area contributed by atoms with Gasteiger partial charge in [0.2, 0.25) is 5.91 Å². The molecule has 24 heavy (non-hydrogen) atoms. The first-order chi connectivity index (χ1) is 11.1. The molecule has 1 aromatic carbocycles. The lowest BCUT2D eigenvalue weighted by Crippen LogP contribution is -2.39. The van der Waals surface area contributed by atoms with Crippen LogP contribution >= 0.6 is 12.4 Å². The van der Waals surface area contributed by atoms with Gasteiger partial charge in [-0.3, -0.25) is 9.59 Å². The highest BCUT2D eigenvalue weighted by molar-refractivity contribution is 5.91. The highest BCUT2D eigenvalue weighted by Crippen LogP contribution is 2.18. The number of carbonyl (C=O) groups is 2. The first-order valence-corrected chi connectivity index (χ1v) is 7.49. The van der Waals surface area contributed by atoms with E-state index in [0.29, 0.717) is 13.1 Å². The first-order valence-electron chi connectivity index (χ1n) is 7.49. The van der Waals surface area contributed by atoms with E-state index in [-0.39, 0.29) is 41.9 Å². The van der Waals surface area contributed by atoms with Gasteiger partial charge in [-0.2, -0.15) is 0 Å². The van der Waals surface area contributed by atoms with Gasteiger partial charge >= 0.3 is 0 Å². The van der Waals surface area contributed by atoms with Crippen LogP contribution in [0.5, 0.6) is 0 Å². The number of rotatable bonds is 7. The summed E-state index contributed by atoms with van der Waals surface area (Å²) in [6, 6.07) is 12.3. The van der Waals surface area contributed by atoms with Crippen molar-refractivity contribution in [2.75, 3.05) is 13.1 Å². The summed E-state index contributed by atoms with van der Waals surface area (Å²) in [4.78, 5) is 23.7. The fourth-order valence-electron chi connectivity index (χ4n) is 2.14. The van der Waals surface area contributed by atoms with E-state index in [1.54, 1.807) is 19.1 Å². The van der Waals surface area contributed by atoms with Gasteiger partial charge in [0.05, 0.1) is 12.2 Å². The quantitative estimate of drug-likeness (QED) is 0.663. The molecule has 6 nitrogen and oxygen atoms in total. The molecule has 0 spiro atoms. The lowest BCUT2D eigenvalue weighted by atomic mass is 9.95. The predicted octanol–water partition coefficient (Wildman–Crippen LogP) is 1.88. The number of nitrogens with one attached hydrogen (secondary N) is 2. The molecular formula is C17H22ClN3O3. The first kappa shape index (κ1) is 19.7. The Kier molecular flexibility index (Phi) is 8.01.